The summed E-state index contributed by atoms with van der Waals surface area (Å²) in [4.78, 5) is 26.6. The fourth-order valence-corrected chi connectivity index (χ4v) is 1.45. The minimum Gasteiger partial charge on any atom is -0.508 e. The van der Waals surface area contributed by atoms with Gasteiger partial charge in [-0.2, -0.15) is 0 Å². The second-order valence-corrected chi connectivity index (χ2v) is 4.16. The fraction of sp³-hybridized carbons (Fsp3) is 0.385. The third-order valence-corrected chi connectivity index (χ3v) is 2.59. The number of rotatable bonds is 4. The van der Waals surface area contributed by atoms with Gasteiger partial charge in [-0.1, -0.05) is 6.07 Å². The molecule has 0 spiro atoms. The van der Waals surface area contributed by atoms with Crippen LogP contribution >= 0.6 is 0 Å². The molecule has 0 heterocycles. The molecule has 0 fully saturated rings. The molecule has 1 aromatic rings. The van der Waals surface area contributed by atoms with Gasteiger partial charge in [0.2, 0.25) is 5.91 Å². The van der Waals surface area contributed by atoms with Crippen molar-refractivity contribution in [3.63, 3.8) is 0 Å². The van der Waals surface area contributed by atoms with Crippen LogP contribution in [0, 0.1) is 0 Å². The summed E-state index contributed by atoms with van der Waals surface area (Å²) in [6.07, 6.45) is 0. The highest BCUT2D eigenvalue weighted by molar-refractivity contribution is 5.96. The lowest BCUT2D eigenvalue weighted by atomic mass is 10.2. The van der Waals surface area contributed by atoms with Crippen LogP contribution in [0.2, 0.25) is 0 Å². The zero-order chi connectivity index (χ0) is 13.7. The van der Waals surface area contributed by atoms with E-state index >= 15 is 0 Å². The molecule has 1 rings (SSSR count). The standard InChI is InChI=1S/C13H18N2O3/c1-4-15(9-12(17)14(2)3)13(18)10-6-5-7-11(16)8-10/h5-8,16H,4,9H2,1-3H3. The lowest BCUT2D eigenvalue weighted by molar-refractivity contribution is -0.129. The molecule has 1 aromatic carbocycles. The van der Waals surface area contributed by atoms with Crippen LogP contribution in [0.3, 0.4) is 0 Å². The zero-order valence-corrected chi connectivity index (χ0v) is 10.9. The zero-order valence-electron chi connectivity index (χ0n) is 10.9. The van der Waals surface area contributed by atoms with Crippen molar-refractivity contribution in [3.05, 3.63) is 29.8 Å². The predicted octanol–water partition coefficient (Wildman–Crippen LogP) is 0.942. The Balaban J connectivity index is 2.83. The lowest BCUT2D eigenvalue weighted by Crippen LogP contribution is -2.40. The number of aromatic hydroxyl groups is 1. The van der Waals surface area contributed by atoms with Crippen LogP contribution in [0.5, 0.6) is 5.75 Å². The number of carbonyl (C=O) groups is 2. The predicted molar refractivity (Wildman–Crippen MR) is 68.4 cm³/mol. The van der Waals surface area contributed by atoms with Crippen LogP contribution < -0.4 is 0 Å². The van der Waals surface area contributed by atoms with Gasteiger partial charge in [0.25, 0.3) is 5.91 Å². The van der Waals surface area contributed by atoms with Crippen molar-refractivity contribution in [3.8, 4) is 5.75 Å². The Labute approximate surface area is 107 Å². The number of amides is 2. The second kappa shape index (κ2) is 6.05. The third kappa shape index (κ3) is 3.48. The molecule has 2 amide bonds. The molecule has 5 heteroatoms. The quantitative estimate of drug-likeness (QED) is 0.865. The first-order chi connectivity index (χ1) is 8.45. The molecule has 1 N–H and O–H groups in total. The SMILES string of the molecule is CCN(CC(=O)N(C)C)C(=O)c1cccc(O)c1. The van der Waals surface area contributed by atoms with Crippen LogP contribution in [0.15, 0.2) is 24.3 Å². The first-order valence-electron chi connectivity index (χ1n) is 5.74. The van der Waals surface area contributed by atoms with Crippen molar-refractivity contribution in [1.82, 2.24) is 9.80 Å². The monoisotopic (exact) mass is 250 g/mol. The molecule has 0 unspecified atom stereocenters. The highest BCUT2D eigenvalue weighted by atomic mass is 16.3. The molecule has 5 nitrogen and oxygen atoms in total. The lowest BCUT2D eigenvalue weighted by Gasteiger charge is -2.22. The molecule has 0 aliphatic carbocycles. The Kier molecular flexibility index (Phi) is 4.71. The van der Waals surface area contributed by atoms with Gasteiger partial charge in [-0.05, 0) is 25.1 Å². The van der Waals surface area contributed by atoms with E-state index in [1.807, 2.05) is 6.92 Å². The molecule has 98 valence electrons. The Morgan fingerprint density at radius 3 is 2.44 bits per heavy atom. The molecule has 18 heavy (non-hydrogen) atoms. The minimum absolute atomic E-state index is 0.0378. The molecule has 0 saturated carbocycles. The van der Waals surface area contributed by atoms with Crippen LogP contribution in [-0.4, -0.2) is 53.9 Å². The number of likely N-dealkylation sites (N-methyl/N-ethyl adjacent to an activating group) is 2. The van der Waals surface area contributed by atoms with E-state index in [0.29, 0.717) is 12.1 Å². The second-order valence-electron chi connectivity index (χ2n) is 4.16. The summed E-state index contributed by atoms with van der Waals surface area (Å²) in [5, 5.41) is 9.34. The summed E-state index contributed by atoms with van der Waals surface area (Å²) in [5.41, 5.74) is 0.378. The number of phenols is 1. The van der Waals surface area contributed by atoms with E-state index in [4.69, 9.17) is 0 Å². The summed E-state index contributed by atoms with van der Waals surface area (Å²) in [6, 6.07) is 6.11. The van der Waals surface area contributed by atoms with E-state index in [1.165, 1.54) is 21.9 Å². The van der Waals surface area contributed by atoms with E-state index in [-0.39, 0.29) is 24.1 Å². The normalized spacial score (nSPS) is 9.94. The average molecular weight is 250 g/mol. The number of phenolic OH excluding ortho intramolecular Hbond substituents is 1. The van der Waals surface area contributed by atoms with Crippen molar-refractivity contribution >= 4 is 11.8 Å². The number of hydrogen-bond acceptors (Lipinski definition) is 3. The molecule has 0 saturated heterocycles. The molecule has 0 aliphatic rings. The minimum atomic E-state index is -0.261. The number of carbonyl (C=O) groups excluding carboxylic acids is 2. The molecule has 0 aliphatic heterocycles. The summed E-state index contributed by atoms with van der Waals surface area (Å²) < 4.78 is 0. The molecule has 0 bridgehead atoms. The Morgan fingerprint density at radius 1 is 1.28 bits per heavy atom. The van der Waals surface area contributed by atoms with Crippen molar-refractivity contribution in [2.24, 2.45) is 0 Å². The molecule has 0 aromatic heterocycles. The van der Waals surface area contributed by atoms with Crippen molar-refractivity contribution in [2.75, 3.05) is 27.2 Å². The van der Waals surface area contributed by atoms with Gasteiger partial charge in [0, 0.05) is 26.2 Å². The van der Waals surface area contributed by atoms with Crippen LogP contribution in [-0.2, 0) is 4.79 Å². The fourth-order valence-electron chi connectivity index (χ4n) is 1.45. The molecule has 0 atom stereocenters. The number of benzene rings is 1. The maximum absolute atomic E-state index is 12.1. The van der Waals surface area contributed by atoms with Gasteiger partial charge in [-0.3, -0.25) is 9.59 Å². The van der Waals surface area contributed by atoms with Crippen molar-refractivity contribution in [1.29, 1.82) is 0 Å². The van der Waals surface area contributed by atoms with Crippen LogP contribution in [0.25, 0.3) is 0 Å². The molecule has 0 radical (unpaired) electrons. The average Bonchev–Trinajstić information content (AvgIpc) is 2.34. The summed E-state index contributed by atoms with van der Waals surface area (Å²) in [7, 11) is 3.30. The molecular weight excluding hydrogens is 232 g/mol. The summed E-state index contributed by atoms with van der Waals surface area (Å²) >= 11 is 0. The first-order valence-corrected chi connectivity index (χ1v) is 5.74. The van der Waals surface area contributed by atoms with Gasteiger partial charge >= 0.3 is 0 Å². The largest absolute Gasteiger partial charge is 0.508 e. The third-order valence-electron chi connectivity index (χ3n) is 2.59. The van der Waals surface area contributed by atoms with Gasteiger partial charge in [0.15, 0.2) is 0 Å². The van der Waals surface area contributed by atoms with E-state index in [0.717, 1.165) is 0 Å². The van der Waals surface area contributed by atoms with E-state index in [2.05, 4.69) is 0 Å². The highest BCUT2D eigenvalue weighted by Gasteiger charge is 2.18. The molecular formula is C13H18N2O3. The van der Waals surface area contributed by atoms with Gasteiger partial charge in [-0.25, -0.2) is 0 Å². The van der Waals surface area contributed by atoms with E-state index in [1.54, 1.807) is 26.2 Å². The van der Waals surface area contributed by atoms with Crippen LogP contribution in [0.1, 0.15) is 17.3 Å². The van der Waals surface area contributed by atoms with Gasteiger partial charge < -0.3 is 14.9 Å². The first kappa shape index (κ1) is 14.0. The van der Waals surface area contributed by atoms with Crippen molar-refractivity contribution in [2.45, 2.75) is 6.92 Å². The topological polar surface area (TPSA) is 60.9 Å². The van der Waals surface area contributed by atoms with E-state index in [9.17, 15) is 14.7 Å². The Bertz CT molecular complexity index is 444. The maximum atomic E-state index is 12.1. The van der Waals surface area contributed by atoms with Crippen molar-refractivity contribution < 1.29 is 14.7 Å². The Morgan fingerprint density at radius 2 is 1.94 bits per heavy atom. The van der Waals surface area contributed by atoms with Gasteiger partial charge in [-0.15, -0.1) is 0 Å². The smallest absolute Gasteiger partial charge is 0.254 e. The summed E-state index contributed by atoms with van der Waals surface area (Å²) in [6.45, 7) is 2.29. The van der Waals surface area contributed by atoms with Gasteiger partial charge in [0.1, 0.15) is 5.75 Å². The van der Waals surface area contributed by atoms with E-state index < -0.39 is 0 Å². The highest BCUT2D eigenvalue weighted by Crippen LogP contribution is 2.13. The summed E-state index contributed by atoms with van der Waals surface area (Å²) in [5.74, 6) is -0.357. The number of hydrogen-bond donors (Lipinski definition) is 1. The van der Waals surface area contributed by atoms with Gasteiger partial charge in [0.05, 0.1) is 6.54 Å². The maximum Gasteiger partial charge on any atom is 0.254 e. The Hall–Kier alpha value is -2.04. The number of nitrogens with zero attached hydrogens (tertiary/aromatic N) is 2. The van der Waals surface area contributed by atoms with Crippen LogP contribution in [0.4, 0.5) is 0 Å².